The third-order valence-corrected chi connectivity index (χ3v) is 2.25. The molecule has 0 saturated carbocycles. The standard InChI is InChI=1S/C12H22N2O3/c1-3-7-14-11(15)6-9-13-8-5-10(4-2)12(16)17/h5,13H,3-4,6-9H2,1-2H3,(H,14,15)(H,16,17)/b10-5-. The van der Waals surface area contributed by atoms with Crippen molar-refractivity contribution < 1.29 is 14.7 Å². The van der Waals surface area contributed by atoms with E-state index in [0.717, 1.165) is 6.42 Å². The van der Waals surface area contributed by atoms with Crippen molar-refractivity contribution in [1.29, 1.82) is 0 Å². The van der Waals surface area contributed by atoms with Crippen molar-refractivity contribution >= 4 is 11.9 Å². The third kappa shape index (κ3) is 8.45. The first-order valence-corrected chi connectivity index (χ1v) is 6.01. The number of hydrogen-bond donors (Lipinski definition) is 3. The summed E-state index contributed by atoms with van der Waals surface area (Å²) in [6.07, 6.45) is 3.50. The molecule has 0 rings (SSSR count). The van der Waals surface area contributed by atoms with Crippen molar-refractivity contribution in [3.05, 3.63) is 11.6 Å². The Balaban J connectivity index is 3.64. The number of carboxylic acid groups (broad SMARTS) is 1. The summed E-state index contributed by atoms with van der Waals surface area (Å²) >= 11 is 0. The molecule has 0 saturated heterocycles. The lowest BCUT2D eigenvalue weighted by Crippen LogP contribution is -2.28. The van der Waals surface area contributed by atoms with Gasteiger partial charge in [-0.05, 0) is 12.8 Å². The molecule has 0 aromatic heterocycles. The van der Waals surface area contributed by atoms with Crippen LogP contribution in [0.4, 0.5) is 0 Å². The van der Waals surface area contributed by atoms with Gasteiger partial charge in [0.1, 0.15) is 0 Å². The molecule has 5 nitrogen and oxygen atoms in total. The molecule has 5 heteroatoms. The number of hydrogen-bond acceptors (Lipinski definition) is 3. The Morgan fingerprint density at radius 3 is 2.47 bits per heavy atom. The van der Waals surface area contributed by atoms with Crippen molar-refractivity contribution in [3.8, 4) is 0 Å². The first kappa shape index (κ1) is 15.6. The van der Waals surface area contributed by atoms with Crippen LogP contribution in [0.25, 0.3) is 0 Å². The fourth-order valence-corrected chi connectivity index (χ4v) is 1.24. The van der Waals surface area contributed by atoms with Gasteiger partial charge in [-0.15, -0.1) is 0 Å². The van der Waals surface area contributed by atoms with E-state index in [9.17, 15) is 9.59 Å². The first-order chi connectivity index (χ1) is 8.11. The van der Waals surface area contributed by atoms with Crippen molar-refractivity contribution in [2.45, 2.75) is 33.1 Å². The predicted octanol–water partition coefficient (Wildman–Crippen LogP) is 0.913. The van der Waals surface area contributed by atoms with E-state index in [1.54, 1.807) is 13.0 Å². The van der Waals surface area contributed by atoms with Crippen molar-refractivity contribution in [2.24, 2.45) is 0 Å². The zero-order valence-corrected chi connectivity index (χ0v) is 10.6. The molecule has 98 valence electrons. The highest BCUT2D eigenvalue weighted by Crippen LogP contribution is 1.98. The lowest BCUT2D eigenvalue weighted by atomic mass is 10.2. The average Bonchev–Trinajstić information content (AvgIpc) is 2.30. The number of nitrogens with one attached hydrogen (secondary N) is 2. The molecule has 1 amide bonds. The van der Waals surface area contributed by atoms with Crippen LogP contribution < -0.4 is 10.6 Å². The van der Waals surface area contributed by atoms with Gasteiger partial charge < -0.3 is 15.7 Å². The zero-order chi connectivity index (χ0) is 13.1. The van der Waals surface area contributed by atoms with Crippen molar-refractivity contribution in [3.63, 3.8) is 0 Å². The molecule has 0 radical (unpaired) electrons. The molecule has 0 aromatic carbocycles. The summed E-state index contributed by atoms with van der Waals surface area (Å²) in [5.41, 5.74) is 0.396. The van der Waals surface area contributed by atoms with Gasteiger partial charge in [-0.2, -0.15) is 0 Å². The van der Waals surface area contributed by atoms with Gasteiger partial charge in [0.05, 0.1) is 0 Å². The Bertz CT molecular complexity index is 275. The van der Waals surface area contributed by atoms with Gasteiger partial charge in [0.15, 0.2) is 0 Å². The maximum absolute atomic E-state index is 11.2. The highest BCUT2D eigenvalue weighted by atomic mass is 16.4. The predicted molar refractivity (Wildman–Crippen MR) is 66.8 cm³/mol. The molecule has 0 aliphatic heterocycles. The normalized spacial score (nSPS) is 11.3. The molecule has 3 N–H and O–H groups in total. The van der Waals surface area contributed by atoms with Crippen LogP contribution in [-0.2, 0) is 9.59 Å². The van der Waals surface area contributed by atoms with E-state index in [2.05, 4.69) is 10.6 Å². The van der Waals surface area contributed by atoms with E-state index in [1.807, 2.05) is 6.92 Å². The van der Waals surface area contributed by atoms with Gasteiger partial charge in [-0.1, -0.05) is 19.9 Å². The number of carboxylic acids is 1. The summed E-state index contributed by atoms with van der Waals surface area (Å²) in [5.74, 6) is -0.854. The summed E-state index contributed by atoms with van der Waals surface area (Å²) in [4.78, 5) is 21.9. The minimum absolute atomic E-state index is 0.0253. The van der Waals surface area contributed by atoms with Gasteiger partial charge >= 0.3 is 5.97 Å². The maximum atomic E-state index is 11.2. The second kappa shape index (κ2) is 9.84. The van der Waals surface area contributed by atoms with Crippen LogP contribution >= 0.6 is 0 Å². The van der Waals surface area contributed by atoms with Gasteiger partial charge in [0, 0.05) is 31.6 Å². The van der Waals surface area contributed by atoms with Gasteiger partial charge in [-0.3, -0.25) is 4.79 Å². The number of carbonyl (C=O) groups excluding carboxylic acids is 1. The quantitative estimate of drug-likeness (QED) is 0.415. The van der Waals surface area contributed by atoms with Crippen LogP contribution in [0.1, 0.15) is 33.1 Å². The third-order valence-electron chi connectivity index (χ3n) is 2.25. The number of aliphatic carboxylic acids is 1. The van der Waals surface area contributed by atoms with E-state index in [-0.39, 0.29) is 5.91 Å². The molecule has 0 bridgehead atoms. The Morgan fingerprint density at radius 2 is 1.94 bits per heavy atom. The molecule has 0 aliphatic carbocycles. The molecule has 0 unspecified atom stereocenters. The Labute approximate surface area is 102 Å². The second-order valence-corrected chi connectivity index (χ2v) is 3.69. The lowest BCUT2D eigenvalue weighted by molar-refractivity contribution is -0.132. The highest BCUT2D eigenvalue weighted by molar-refractivity contribution is 5.86. The highest BCUT2D eigenvalue weighted by Gasteiger charge is 2.03. The molecule has 0 aromatic rings. The number of rotatable bonds is 9. The van der Waals surface area contributed by atoms with Crippen molar-refractivity contribution in [1.82, 2.24) is 10.6 Å². The summed E-state index contributed by atoms with van der Waals surface area (Å²) in [6, 6.07) is 0. The summed E-state index contributed by atoms with van der Waals surface area (Å²) in [5, 5.41) is 14.5. The zero-order valence-electron chi connectivity index (χ0n) is 10.6. The van der Waals surface area contributed by atoms with Crippen LogP contribution in [0, 0.1) is 0 Å². The monoisotopic (exact) mass is 242 g/mol. The van der Waals surface area contributed by atoms with Crippen LogP contribution in [0.5, 0.6) is 0 Å². The van der Waals surface area contributed by atoms with Crippen LogP contribution in [0.3, 0.4) is 0 Å². The molecular weight excluding hydrogens is 220 g/mol. The summed E-state index contributed by atoms with van der Waals surface area (Å²) in [7, 11) is 0. The van der Waals surface area contributed by atoms with Crippen LogP contribution in [-0.4, -0.2) is 36.6 Å². The Kier molecular flexibility index (Phi) is 9.05. The van der Waals surface area contributed by atoms with E-state index in [1.165, 1.54) is 0 Å². The summed E-state index contributed by atoms with van der Waals surface area (Å²) < 4.78 is 0. The minimum atomic E-state index is -0.880. The first-order valence-electron chi connectivity index (χ1n) is 6.01. The largest absolute Gasteiger partial charge is 0.478 e. The Morgan fingerprint density at radius 1 is 1.24 bits per heavy atom. The van der Waals surface area contributed by atoms with Crippen molar-refractivity contribution in [2.75, 3.05) is 19.6 Å². The van der Waals surface area contributed by atoms with Gasteiger partial charge in [-0.25, -0.2) is 4.79 Å². The maximum Gasteiger partial charge on any atom is 0.331 e. The fraction of sp³-hybridized carbons (Fsp3) is 0.667. The van der Waals surface area contributed by atoms with E-state index < -0.39 is 5.97 Å². The van der Waals surface area contributed by atoms with E-state index in [0.29, 0.717) is 38.0 Å². The molecular formula is C12H22N2O3. The van der Waals surface area contributed by atoms with Crippen LogP contribution in [0.15, 0.2) is 11.6 Å². The van der Waals surface area contributed by atoms with E-state index >= 15 is 0 Å². The summed E-state index contributed by atoms with van der Waals surface area (Å²) in [6.45, 7) is 5.55. The number of carbonyl (C=O) groups is 2. The smallest absolute Gasteiger partial charge is 0.331 e. The fourth-order valence-electron chi connectivity index (χ4n) is 1.24. The number of amides is 1. The molecule has 0 atom stereocenters. The second-order valence-electron chi connectivity index (χ2n) is 3.69. The van der Waals surface area contributed by atoms with Gasteiger partial charge in [0.2, 0.25) is 5.91 Å². The molecule has 17 heavy (non-hydrogen) atoms. The minimum Gasteiger partial charge on any atom is -0.478 e. The van der Waals surface area contributed by atoms with Crippen LogP contribution in [0.2, 0.25) is 0 Å². The van der Waals surface area contributed by atoms with Gasteiger partial charge in [0.25, 0.3) is 0 Å². The average molecular weight is 242 g/mol. The Hall–Kier alpha value is -1.36. The topological polar surface area (TPSA) is 78.4 Å². The SMILES string of the molecule is CCCNC(=O)CCNC/C=C(/CC)C(=O)O. The molecule has 0 heterocycles. The van der Waals surface area contributed by atoms with E-state index in [4.69, 9.17) is 5.11 Å². The molecule has 0 aliphatic rings. The lowest BCUT2D eigenvalue weighted by Gasteiger charge is -2.04. The molecule has 0 spiro atoms. The molecule has 0 fully saturated rings.